The first-order chi connectivity index (χ1) is 16.5. The molecule has 0 fully saturated rings. The van der Waals surface area contributed by atoms with Crippen molar-refractivity contribution in [2.75, 3.05) is 19.8 Å². The van der Waals surface area contributed by atoms with E-state index in [0.717, 1.165) is 47.9 Å². The quantitative estimate of drug-likeness (QED) is 0.447. The maximum absolute atomic E-state index is 12.7. The van der Waals surface area contributed by atoms with Crippen LogP contribution in [0.3, 0.4) is 0 Å². The molecule has 1 amide bonds. The predicted molar refractivity (Wildman–Crippen MR) is 137 cm³/mol. The van der Waals surface area contributed by atoms with Gasteiger partial charge in [-0.25, -0.2) is 0 Å². The lowest BCUT2D eigenvalue weighted by atomic mass is 9.89. The van der Waals surface area contributed by atoms with Crippen LogP contribution in [-0.4, -0.2) is 30.2 Å². The third-order valence-electron chi connectivity index (χ3n) is 6.51. The van der Waals surface area contributed by atoms with Gasteiger partial charge in [-0.05, 0) is 106 Å². The monoisotopic (exact) mass is 460 g/mol. The van der Waals surface area contributed by atoms with Crippen molar-refractivity contribution >= 4 is 5.91 Å². The fourth-order valence-electron chi connectivity index (χ4n) is 4.86. The van der Waals surface area contributed by atoms with Gasteiger partial charge in [0.2, 0.25) is 0 Å². The van der Waals surface area contributed by atoms with Crippen LogP contribution in [0.2, 0.25) is 0 Å². The number of benzene rings is 2. The average molecular weight is 461 g/mol. The zero-order chi connectivity index (χ0) is 24.1. The smallest absolute Gasteiger partial charge is 0.251 e. The molecule has 0 radical (unpaired) electrons. The Kier molecular flexibility index (Phi) is 7.61. The standard InChI is InChI=1S/C29H36N2O3/c1-5-33-27-14-8-22(19-28(27)34-6-2)15-16-30-29(32)23-9-11-25(12-10-23)31-21(4)18-24-17-20(3)7-13-26(24)31/h8-12,14,18-20H,5-7,13,15-17H2,1-4H3,(H,30,32)/t20-/m0/s1. The van der Waals surface area contributed by atoms with E-state index in [-0.39, 0.29) is 5.91 Å². The Morgan fingerprint density at radius 3 is 2.50 bits per heavy atom. The molecule has 180 valence electrons. The summed E-state index contributed by atoms with van der Waals surface area (Å²) >= 11 is 0. The highest BCUT2D eigenvalue weighted by Gasteiger charge is 2.21. The van der Waals surface area contributed by atoms with Crippen LogP contribution in [0.5, 0.6) is 11.5 Å². The van der Waals surface area contributed by atoms with Crippen molar-refractivity contribution < 1.29 is 14.3 Å². The second-order valence-electron chi connectivity index (χ2n) is 9.14. The molecule has 1 atom stereocenters. The van der Waals surface area contributed by atoms with Crippen molar-refractivity contribution in [2.24, 2.45) is 5.92 Å². The molecule has 0 saturated heterocycles. The van der Waals surface area contributed by atoms with Crippen molar-refractivity contribution in [1.82, 2.24) is 9.88 Å². The summed E-state index contributed by atoms with van der Waals surface area (Å²) < 4.78 is 13.7. The Bertz CT molecular complexity index is 1130. The van der Waals surface area contributed by atoms with Gasteiger partial charge in [0.1, 0.15) is 0 Å². The van der Waals surface area contributed by atoms with E-state index in [9.17, 15) is 4.79 Å². The highest BCUT2D eigenvalue weighted by Crippen LogP contribution is 2.31. The molecule has 0 saturated carbocycles. The van der Waals surface area contributed by atoms with Crippen LogP contribution in [0.1, 0.15) is 60.1 Å². The molecule has 34 heavy (non-hydrogen) atoms. The van der Waals surface area contributed by atoms with E-state index in [1.54, 1.807) is 0 Å². The number of aromatic nitrogens is 1. The minimum atomic E-state index is -0.0531. The van der Waals surface area contributed by atoms with Gasteiger partial charge in [0.05, 0.1) is 13.2 Å². The van der Waals surface area contributed by atoms with Crippen LogP contribution < -0.4 is 14.8 Å². The molecule has 0 unspecified atom stereocenters. The van der Waals surface area contributed by atoms with Gasteiger partial charge >= 0.3 is 0 Å². The van der Waals surface area contributed by atoms with Crippen molar-refractivity contribution in [2.45, 2.75) is 53.4 Å². The van der Waals surface area contributed by atoms with Crippen LogP contribution in [0.4, 0.5) is 0 Å². The molecule has 1 aromatic heterocycles. The summed E-state index contributed by atoms with van der Waals surface area (Å²) in [4.78, 5) is 12.7. The first-order valence-electron chi connectivity index (χ1n) is 12.5. The highest BCUT2D eigenvalue weighted by atomic mass is 16.5. The molecule has 0 bridgehead atoms. The van der Waals surface area contributed by atoms with Gasteiger partial charge < -0.3 is 19.4 Å². The molecule has 4 rings (SSSR count). The SMILES string of the molecule is CCOc1ccc(CCNC(=O)c2ccc(-n3c(C)cc4c3CC[C@H](C)C4)cc2)cc1OCC. The molecule has 3 aromatic rings. The molecule has 1 N–H and O–H groups in total. The minimum absolute atomic E-state index is 0.0531. The van der Waals surface area contributed by atoms with Gasteiger partial charge in [-0.2, -0.15) is 0 Å². The summed E-state index contributed by atoms with van der Waals surface area (Å²) in [5.41, 5.74) is 7.07. The Morgan fingerprint density at radius 1 is 1.03 bits per heavy atom. The van der Waals surface area contributed by atoms with E-state index in [4.69, 9.17) is 9.47 Å². The summed E-state index contributed by atoms with van der Waals surface area (Å²) in [6.07, 6.45) is 4.23. The second-order valence-corrected chi connectivity index (χ2v) is 9.14. The third kappa shape index (κ3) is 5.30. The van der Waals surface area contributed by atoms with Crippen LogP contribution in [0, 0.1) is 12.8 Å². The fourth-order valence-corrected chi connectivity index (χ4v) is 4.86. The molecule has 5 nitrogen and oxygen atoms in total. The van der Waals surface area contributed by atoms with Gasteiger partial charge in [-0.3, -0.25) is 4.79 Å². The summed E-state index contributed by atoms with van der Waals surface area (Å²) in [5.74, 6) is 2.21. The van der Waals surface area contributed by atoms with Gasteiger partial charge in [-0.1, -0.05) is 13.0 Å². The maximum Gasteiger partial charge on any atom is 0.251 e. The first-order valence-corrected chi connectivity index (χ1v) is 12.5. The van der Waals surface area contributed by atoms with Gasteiger partial charge in [0, 0.05) is 29.2 Å². The summed E-state index contributed by atoms with van der Waals surface area (Å²) in [6.45, 7) is 10.2. The highest BCUT2D eigenvalue weighted by molar-refractivity contribution is 5.94. The number of aryl methyl sites for hydroxylation is 1. The molecule has 1 heterocycles. The lowest BCUT2D eigenvalue weighted by molar-refractivity contribution is 0.0954. The van der Waals surface area contributed by atoms with Gasteiger partial charge in [0.15, 0.2) is 11.5 Å². The number of hydrogen-bond acceptors (Lipinski definition) is 3. The molecule has 5 heteroatoms. The Balaban J connectivity index is 1.37. The topological polar surface area (TPSA) is 52.5 Å². The molecule has 0 aliphatic heterocycles. The van der Waals surface area contributed by atoms with Crippen LogP contribution in [0.25, 0.3) is 5.69 Å². The third-order valence-corrected chi connectivity index (χ3v) is 6.51. The first kappa shape index (κ1) is 23.9. The zero-order valence-electron chi connectivity index (χ0n) is 20.8. The Morgan fingerprint density at radius 2 is 1.76 bits per heavy atom. The average Bonchev–Trinajstić information content (AvgIpc) is 3.15. The molecule has 2 aromatic carbocycles. The number of nitrogens with one attached hydrogen (secondary N) is 1. The van der Waals surface area contributed by atoms with Crippen LogP contribution in [0.15, 0.2) is 48.5 Å². The number of ether oxygens (including phenoxy) is 2. The van der Waals surface area contributed by atoms with E-state index >= 15 is 0 Å². The van der Waals surface area contributed by atoms with Crippen molar-refractivity contribution in [3.05, 3.63) is 76.6 Å². The van der Waals surface area contributed by atoms with E-state index in [1.165, 1.54) is 23.4 Å². The lowest BCUT2D eigenvalue weighted by Crippen LogP contribution is -2.25. The molecular formula is C29H36N2O3. The van der Waals surface area contributed by atoms with Crippen molar-refractivity contribution in [3.63, 3.8) is 0 Å². The number of hydrogen-bond donors (Lipinski definition) is 1. The Labute approximate surface area is 203 Å². The van der Waals surface area contributed by atoms with Crippen LogP contribution >= 0.6 is 0 Å². The summed E-state index contributed by atoms with van der Waals surface area (Å²) in [5, 5.41) is 3.04. The van der Waals surface area contributed by atoms with Crippen molar-refractivity contribution in [3.8, 4) is 17.2 Å². The predicted octanol–water partition coefficient (Wildman–Crippen LogP) is 5.68. The molecule has 1 aliphatic carbocycles. The number of rotatable bonds is 9. The minimum Gasteiger partial charge on any atom is -0.490 e. The fraction of sp³-hybridized carbons (Fsp3) is 0.414. The number of nitrogens with zero attached hydrogens (tertiary/aromatic N) is 1. The number of fused-ring (bicyclic) bond motifs is 1. The van der Waals surface area contributed by atoms with E-state index in [0.29, 0.717) is 25.3 Å². The maximum atomic E-state index is 12.7. The number of amides is 1. The van der Waals surface area contributed by atoms with Crippen molar-refractivity contribution in [1.29, 1.82) is 0 Å². The van der Waals surface area contributed by atoms with E-state index in [2.05, 4.69) is 41.9 Å². The lowest BCUT2D eigenvalue weighted by Gasteiger charge is -2.21. The Hall–Kier alpha value is -3.21. The van der Waals surface area contributed by atoms with Gasteiger partial charge in [0.25, 0.3) is 5.91 Å². The second kappa shape index (κ2) is 10.8. The van der Waals surface area contributed by atoms with E-state index in [1.807, 2.05) is 44.2 Å². The summed E-state index contributed by atoms with van der Waals surface area (Å²) in [6, 6.07) is 16.2. The molecular weight excluding hydrogens is 424 g/mol. The van der Waals surface area contributed by atoms with Gasteiger partial charge in [-0.15, -0.1) is 0 Å². The van der Waals surface area contributed by atoms with E-state index < -0.39 is 0 Å². The molecule has 1 aliphatic rings. The largest absolute Gasteiger partial charge is 0.490 e. The number of carbonyl (C=O) groups excluding carboxylic acids is 1. The normalized spacial score (nSPS) is 15.0. The zero-order valence-corrected chi connectivity index (χ0v) is 20.8. The summed E-state index contributed by atoms with van der Waals surface area (Å²) in [7, 11) is 0. The number of carbonyl (C=O) groups is 1. The molecule has 0 spiro atoms. The van der Waals surface area contributed by atoms with Crippen LogP contribution in [-0.2, 0) is 19.3 Å².